The fraction of sp³-hybridized carbons (Fsp3) is 0.686. The molecule has 0 aliphatic carbocycles. The van der Waals surface area contributed by atoms with Gasteiger partial charge in [-0.2, -0.15) is 0 Å². The van der Waals surface area contributed by atoms with Gasteiger partial charge in [0.15, 0.2) is 35.1 Å². The van der Waals surface area contributed by atoms with Crippen LogP contribution in [0.5, 0.6) is 0 Å². The second kappa shape index (κ2) is 20.5. The molecule has 0 bridgehead atoms. The number of aromatic nitrogens is 4. The first-order valence-electron chi connectivity index (χ1n) is 18.3. The van der Waals surface area contributed by atoms with Crippen LogP contribution in [0, 0.1) is 6.92 Å². The Morgan fingerprint density at radius 3 is 2.00 bits per heavy atom. The molecule has 0 aromatic carbocycles. The molecule has 0 spiro atoms. The Morgan fingerprint density at radius 2 is 1.46 bits per heavy atom. The van der Waals surface area contributed by atoms with Gasteiger partial charge in [0.2, 0.25) is 7.44 Å². The number of carbonyl (C=O) groups excluding carboxylic acids is 3. The van der Waals surface area contributed by atoms with Crippen LogP contribution < -0.4 is 21.3 Å². The number of esters is 2. The van der Waals surface area contributed by atoms with Crippen molar-refractivity contribution in [2.45, 2.75) is 137 Å². The number of rotatable bonds is 24. The lowest BCUT2D eigenvalue weighted by molar-refractivity contribution is -0.149. The average Bonchev–Trinajstić information content (AvgIpc) is 3.66. The molecular weight excluding hydrogens is 725 g/mol. The van der Waals surface area contributed by atoms with Gasteiger partial charge in [-0.15, -0.1) is 0 Å². The summed E-state index contributed by atoms with van der Waals surface area (Å²) in [5.41, 5.74) is -2.20. The molecule has 0 aliphatic heterocycles. The fourth-order valence-corrected chi connectivity index (χ4v) is 7.91. The molecule has 18 nitrogen and oxygen atoms in total. The van der Waals surface area contributed by atoms with Crippen LogP contribution in [-0.2, 0) is 46.3 Å². The van der Waals surface area contributed by atoms with E-state index < -0.39 is 54.8 Å². The molecule has 1 atom stereocenters. The van der Waals surface area contributed by atoms with Crippen molar-refractivity contribution in [3.8, 4) is 0 Å². The van der Waals surface area contributed by atoms with Gasteiger partial charge in [0.05, 0.1) is 32.2 Å². The van der Waals surface area contributed by atoms with Gasteiger partial charge in [0.25, 0.3) is 0 Å². The van der Waals surface area contributed by atoms with Crippen LogP contribution in [-0.4, -0.2) is 74.3 Å². The Kier molecular flexibility index (Phi) is 16.8. The van der Waals surface area contributed by atoms with Crippen molar-refractivity contribution in [2.75, 3.05) is 24.9 Å². The molecule has 0 unspecified atom stereocenters. The molecule has 0 radical (unpaired) electrons. The number of amides is 1. The third kappa shape index (κ3) is 13.6. The fourth-order valence-electron chi connectivity index (χ4n) is 5.27. The zero-order valence-electron chi connectivity index (χ0n) is 32.7. The number of unbranched alkanes of at least 4 members (excludes halogenated alkanes) is 6. The number of nitrogens with one attached hydrogen (secondary N) is 3. The SMILES string of the molecule is CCCCCCOC(=O)C(C)(C)NP(=O)(CO[C@H](C)Cn1cnc2c(NC(=O)OCc3oc(=O)oc3C)ncnc21)NC(C)(C)C(=O)OCCCCCC. The highest BCUT2D eigenvalue weighted by atomic mass is 31.2. The number of hydrogen-bond donors (Lipinski definition) is 3. The van der Waals surface area contributed by atoms with E-state index in [1.807, 2.05) is 0 Å². The number of carbonyl (C=O) groups is 3. The molecule has 3 aromatic rings. The largest absolute Gasteiger partial charge is 0.519 e. The van der Waals surface area contributed by atoms with Crippen molar-refractivity contribution in [1.29, 1.82) is 0 Å². The second-order valence-corrected chi connectivity index (χ2v) is 16.3. The highest BCUT2D eigenvalue weighted by Gasteiger charge is 2.43. The molecule has 3 rings (SSSR count). The summed E-state index contributed by atoms with van der Waals surface area (Å²) in [7, 11) is -3.88. The third-order valence-electron chi connectivity index (χ3n) is 8.19. The van der Waals surface area contributed by atoms with E-state index >= 15 is 0 Å². The van der Waals surface area contributed by atoms with Gasteiger partial charge < -0.3 is 32.3 Å². The van der Waals surface area contributed by atoms with Crippen LogP contribution in [0.15, 0.2) is 26.3 Å². The molecule has 3 N–H and O–H groups in total. The van der Waals surface area contributed by atoms with Crippen molar-refractivity contribution >= 4 is 42.5 Å². The molecule has 0 fully saturated rings. The van der Waals surface area contributed by atoms with Gasteiger partial charge in [-0.25, -0.2) is 34.7 Å². The van der Waals surface area contributed by atoms with Crippen LogP contribution in [0.1, 0.15) is 111 Å². The highest BCUT2D eigenvalue weighted by Crippen LogP contribution is 2.42. The van der Waals surface area contributed by atoms with E-state index in [0.29, 0.717) is 18.5 Å². The van der Waals surface area contributed by atoms with Crippen molar-refractivity contribution in [1.82, 2.24) is 29.7 Å². The van der Waals surface area contributed by atoms with Gasteiger partial charge in [-0.3, -0.25) is 19.5 Å². The molecule has 3 heterocycles. The predicted molar refractivity (Wildman–Crippen MR) is 199 cm³/mol. The number of imidazole rings is 1. The number of ether oxygens (including phenoxy) is 4. The first-order chi connectivity index (χ1) is 25.5. The Balaban J connectivity index is 1.70. The summed E-state index contributed by atoms with van der Waals surface area (Å²) in [5.74, 6) is -1.76. The van der Waals surface area contributed by atoms with Crippen LogP contribution in [0.25, 0.3) is 11.2 Å². The van der Waals surface area contributed by atoms with Crippen LogP contribution in [0.4, 0.5) is 10.6 Å². The Morgan fingerprint density at radius 1 is 0.870 bits per heavy atom. The topological polar surface area (TPSA) is 228 Å². The molecule has 0 saturated carbocycles. The zero-order valence-corrected chi connectivity index (χ0v) is 33.5. The molecule has 19 heteroatoms. The van der Waals surface area contributed by atoms with E-state index in [9.17, 15) is 23.7 Å². The van der Waals surface area contributed by atoms with Crippen molar-refractivity contribution in [3.05, 3.63) is 34.8 Å². The summed E-state index contributed by atoms with van der Waals surface area (Å²) < 4.78 is 48.1. The normalized spacial score (nSPS) is 12.8. The number of fused-ring (bicyclic) bond motifs is 1. The maximum atomic E-state index is 14.6. The lowest BCUT2D eigenvalue weighted by atomic mass is 10.1. The van der Waals surface area contributed by atoms with Gasteiger partial charge in [-0.05, 0) is 54.4 Å². The zero-order chi connectivity index (χ0) is 39.9. The van der Waals surface area contributed by atoms with E-state index in [1.54, 1.807) is 39.2 Å². The van der Waals surface area contributed by atoms with Crippen molar-refractivity contribution < 1.29 is 46.7 Å². The highest BCUT2D eigenvalue weighted by molar-refractivity contribution is 7.59. The van der Waals surface area contributed by atoms with Gasteiger partial charge >= 0.3 is 23.9 Å². The molecule has 0 aliphatic rings. The van der Waals surface area contributed by atoms with E-state index in [0.717, 1.165) is 38.5 Å². The maximum Gasteiger partial charge on any atom is 0.519 e. The van der Waals surface area contributed by atoms with E-state index in [2.05, 4.69) is 44.3 Å². The minimum Gasteiger partial charge on any atom is -0.464 e. The average molecular weight is 782 g/mol. The molecule has 0 saturated heterocycles. The minimum absolute atomic E-state index is 0.0683. The summed E-state index contributed by atoms with van der Waals surface area (Å²) in [6.07, 6.45) is 8.26. The number of nitrogens with zero attached hydrogens (tertiary/aromatic N) is 4. The van der Waals surface area contributed by atoms with Gasteiger partial charge in [-0.1, -0.05) is 52.4 Å². The first-order valence-corrected chi connectivity index (χ1v) is 20.2. The number of hydrogen-bond acceptors (Lipinski definition) is 14. The maximum absolute atomic E-state index is 14.6. The molecule has 3 aromatic heterocycles. The molecule has 302 valence electrons. The summed E-state index contributed by atoms with van der Waals surface area (Å²) in [4.78, 5) is 62.8. The summed E-state index contributed by atoms with van der Waals surface area (Å²) >= 11 is 0. The van der Waals surface area contributed by atoms with Gasteiger partial charge in [0.1, 0.15) is 23.8 Å². The lowest BCUT2D eigenvalue weighted by Gasteiger charge is -2.35. The molecular formula is C35H56N7O11P. The Hall–Kier alpha value is -4.12. The van der Waals surface area contributed by atoms with Crippen molar-refractivity contribution in [3.63, 3.8) is 0 Å². The van der Waals surface area contributed by atoms with E-state index in [4.69, 9.17) is 27.8 Å². The van der Waals surface area contributed by atoms with Crippen molar-refractivity contribution in [2.24, 2.45) is 0 Å². The third-order valence-corrected chi connectivity index (χ3v) is 10.5. The lowest BCUT2D eigenvalue weighted by Crippen LogP contribution is -2.54. The van der Waals surface area contributed by atoms with Gasteiger partial charge in [0, 0.05) is 0 Å². The van der Waals surface area contributed by atoms with E-state index in [-0.39, 0.29) is 49.2 Å². The summed E-state index contributed by atoms with van der Waals surface area (Å²) in [6, 6.07) is 0. The van der Waals surface area contributed by atoms with Crippen LogP contribution in [0.3, 0.4) is 0 Å². The summed E-state index contributed by atoms with van der Waals surface area (Å²) in [5, 5.41) is 8.36. The number of anilines is 1. The second-order valence-electron chi connectivity index (χ2n) is 14.1. The monoisotopic (exact) mass is 781 g/mol. The standard InChI is InChI=1S/C35H56N7O11P/c1-9-11-13-15-17-48-30(43)34(5,6)40-54(47,41-35(7,8)31(44)49-18-16-14-12-10-2)23-51-24(3)19-42-22-38-27-28(36-21-37-29(27)42)39-32(45)50-20-26-25(4)52-33(46)53-26/h21-22,24H,9-20,23H2,1-8H3,(H2,40,41,47)(H,36,37,39,45)/t24-/m1/s1. The Labute approximate surface area is 315 Å². The quantitative estimate of drug-likeness (QED) is 0.0412. The minimum atomic E-state index is -3.88. The summed E-state index contributed by atoms with van der Waals surface area (Å²) in [6.45, 7) is 14.0. The predicted octanol–water partition coefficient (Wildman–Crippen LogP) is 5.97. The Bertz CT molecular complexity index is 1740. The van der Waals surface area contributed by atoms with Crippen LogP contribution >= 0.6 is 7.44 Å². The van der Waals surface area contributed by atoms with Crippen LogP contribution in [0.2, 0.25) is 0 Å². The molecule has 1 amide bonds. The molecule has 54 heavy (non-hydrogen) atoms. The smallest absolute Gasteiger partial charge is 0.464 e. The van der Waals surface area contributed by atoms with E-state index in [1.165, 1.54) is 19.6 Å². The first kappa shape index (κ1) is 44.3. The number of aryl methyl sites for hydroxylation is 1.